The van der Waals surface area contributed by atoms with Gasteiger partial charge in [0.15, 0.2) is 0 Å². The number of hydrogen-bond donors (Lipinski definition) is 2. The van der Waals surface area contributed by atoms with Crippen molar-refractivity contribution in [3.8, 4) is 0 Å². The van der Waals surface area contributed by atoms with Crippen LogP contribution in [-0.4, -0.2) is 11.1 Å². The van der Waals surface area contributed by atoms with Crippen molar-refractivity contribution in [2.75, 3.05) is 0 Å². The summed E-state index contributed by atoms with van der Waals surface area (Å²) < 4.78 is 0. The minimum Gasteiger partial charge on any atom is -0.478 e. The van der Waals surface area contributed by atoms with E-state index in [-0.39, 0.29) is 11.3 Å². The van der Waals surface area contributed by atoms with Crippen molar-refractivity contribution in [3.63, 3.8) is 0 Å². The van der Waals surface area contributed by atoms with Crippen molar-refractivity contribution < 1.29 is 15.1 Å². The van der Waals surface area contributed by atoms with Crippen LogP contribution < -0.4 is 5.18 Å². The minimum atomic E-state index is -1.03. The molecule has 0 saturated heterocycles. The standard InChI is InChI=1S/C8H7NO3/c1-5-2-6(8(10)11)4-7(3-5)9-12/h2-4H,1H3,(H,10,11)/p+1. The number of aryl methyl sites for hydroxylation is 1. The van der Waals surface area contributed by atoms with Crippen molar-refractivity contribution in [2.45, 2.75) is 6.92 Å². The van der Waals surface area contributed by atoms with Gasteiger partial charge >= 0.3 is 5.97 Å². The predicted molar refractivity (Wildman–Crippen MR) is 42.1 cm³/mol. The molecule has 0 saturated carbocycles. The third-order valence-corrected chi connectivity index (χ3v) is 1.44. The van der Waals surface area contributed by atoms with E-state index in [2.05, 4.69) is 0 Å². The number of carbonyl (C=O) groups is 1. The zero-order chi connectivity index (χ0) is 9.14. The van der Waals surface area contributed by atoms with Gasteiger partial charge in [-0.25, -0.2) is 4.79 Å². The van der Waals surface area contributed by atoms with E-state index >= 15 is 0 Å². The molecule has 1 rings (SSSR count). The summed E-state index contributed by atoms with van der Waals surface area (Å²) in [6.45, 7) is 1.73. The lowest BCUT2D eigenvalue weighted by atomic mass is 10.1. The molecule has 62 valence electrons. The largest absolute Gasteiger partial charge is 0.478 e. The Kier molecular flexibility index (Phi) is 2.19. The van der Waals surface area contributed by atoms with E-state index in [0.29, 0.717) is 0 Å². The van der Waals surface area contributed by atoms with E-state index in [1.54, 1.807) is 18.2 Å². The summed E-state index contributed by atoms with van der Waals surface area (Å²) in [5.74, 6) is -1.03. The normalized spacial score (nSPS) is 9.42. The van der Waals surface area contributed by atoms with E-state index in [1.807, 2.05) is 0 Å². The fourth-order valence-electron chi connectivity index (χ4n) is 0.965. The second kappa shape index (κ2) is 3.13. The monoisotopic (exact) mass is 166 g/mol. The Labute approximate surface area is 68.8 Å². The van der Waals surface area contributed by atoms with E-state index in [9.17, 15) is 9.70 Å². The second-order valence-corrected chi connectivity index (χ2v) is 2.49. The topological polar surface area (TPSA) is 68.3 Å². The number of nitroso groups, excluding NO2 is 1. The van der Waals surface area contributed by atoms with Gasteiger partial charge in [0.05, 0.1) is 5.56 Å². The van der Waals surface area contributed by atoms with Crippen molar-refractivity contribution in [1.29, 1.82) is 0 Å². The van der Waals surface area contributed by atoms with Crippen molar-refractivity contribution in [1.82, 2.24) is 0 Å². The van der Waals surface area contributed by atoms with E-state index in [4.69, 9.17) is 5.11 Å². The summed E-state index contributed by atoms with van der Waals surface area (Å²) >= 11 is 0. The van der Waals surface area contributed by atoms with Gasteiger partial charge in [-0.2, -0.15) is 0 Å². The number of nitrogens with one attached hydrogen (secondary N) is 1. The molecule has 4 heteroatoms. The maximum Gasteiger partial charge on any atom is 0.335 e. The summed E-state index contributed by atoms with van der Waals surface area (Å²) in [7, 11) is 0. The third kappa shape index (κ3) is 1.66. The first-order valence-electron chi connectivity index (χ1n) is 3.36. The van der Waals surface area contributed by atoms with Crippen molar-refractivity contribution in [3.05, 3.63) is 34.2 Å². The Bertz CT molecular complexity index is 333. The zero-order valence-corrected chi connectivity index (χ0v) is 6.50. The molecule has 0 fully saturated rings. The van der Waals surface area contributed by atoms with Gasteiger partial charge in [0.1, 0.15) is 0 Å². The number of rotatable bonds is 2. The highest BCUT2D eigenvalue weighted by molar-refractivity contribution is 5.88. The van der Waals surface area contributed by atoms with Gasteiger partial charge in [0.2, 0.25) is 0 Å². The lowest BCUT2D eigenvalue weighted by molar-refractivity contribution is -0.379. The summed E-state index contributed by atoms with van der Waals surface area (Å²) in [5, 5.41) is 10.2. The third-order valence-electron chi connectivity index (χ3n) is 1.44. The highest BCUT2D eigenvalue weighted by Gasteiger charge is 2.07. The van der Waals surface area contributed by atoms with Gasteiger partial charge in [0, 0.05) is 22.2 Å². The van der Waals surface area contributed by atoms with Gasteiger partial charge in [-0.15, -0.1) is 0 Å². The van der Waals surface area contributed by atoms with E-state index < -0.39 is 5.97 Å². The Hall–Kier alpha value is -1.71. The van der Waals surface area contributed by atoms with Gasteiger partial charge in [-0.3, -0.25) is 0 Å². The molecule has 0 heterocycles. The molecule has 0 aromatic heterocycles. The van der Waals surface area contributed by atoms with Crippen LogP contribution in [0.15, 0.2) is 18.2 Å². The average molecular weight is 166 g/mol. The molecule has 12 heavy (non-hydrogen) atoms. The Balaban J connectivity index is 3.23. The maximum atomic E-state index is 10.5. The number of hydrogen-bond acceptors (Lipinski definition) is 2. The highest BCUT2D eigenvalue weighted by Crippen LogP contribution is 2.09. The molecule has 0 unspecified atom stereocenters. The molecule has 0 radical (unpaired) electrons. The van der Waals surface area contributed by atoms with E-state index in [1.165, 1.54) is 12.1 Å². The summed E-state index contributed by atoms with van der Waals surface area (Å²) in [4.78, 5) is 20.7. The molecule has 0 spiro atoms. The quantitative estimate of drug-likeness (QED) is 0.658. The number of carboxylic acid groups (broad SMARTS) is 1. The lowest BCUT2D eigenvalue weighted by Crippen LogP contribution is -2.55. The highest BCUT2D eigenvalue weighted by atomic mass is 16.4. The van der Waals surface area contributed by atoms with Crippen LogP contribution in [0.25, 0.3) is 0 Å². The van der Waals surface area contributed by atoms with Gasteiger partial charge in [-0.1, -0.05) is 0 Å². The fourth-order valence-corrected chi connectivity index (χ4v) is 0.965. The Morgan fingerprint density at radius 2 is 2.08 bits per heavy atom. The van der Waals surface area contributed by atoms with Gasteiger partial charge < -0.3 is 5.11 Å². The lowest BCUT2D eigenvalue weighted by Gasteiger charge is -1.94. The average Bonchev–Trinajstić information content (AvgIpc) is 2.03. The van der Waals surface area contributed by atoms with Crippen LogP contribution in [0.2, 0.25) is 0 Å². The molecule has 0 aliphatic rings. The molecule has 4 nitrogen and oxygen atoms in total. The molecule has 0 atom stereocenters. The van der Waals surface area contributed by atoms with Crippen molar-refractivity contribution >= 4 is 11.7 Å². The number of aromatic carboxylic acids is 1. The molecule has 0 aliphatic heterocycles. The van der Waals surface area contributed by atoms with Crippen LogP contribution in [0.3, 0.4) is 0 Å². The number of benzene rings is 1. The first-order valence-corrected chi connectivity index (χ1v) is 3.36. The molecular weight excluding hydrogens is 158 g/mol. The molecule has 2 N–H and O–H groups in total. The Morgan fingerprint density at radius 3 is 2.58 bits per heavy atom. The molecule has 0 amide bonds. The smallest absolute Gasteiger partial charge is 0.335 e. The van der Waals surface area contributed by atoms with Gasteiger partial charge in [0.25, 0.3) is 5.69 Å². The second-order valence-electron chi connectivity index (χ2n) is 2.49. The first kappa shape index (κ1) is 8.39. The summed E-state index contributed by atoms with van der Waals surface area (Å²) in [6.07, 6.45) is 0. The zero-order valence-electron chi connectivity index (χ0n) is 6.50. The first-order chi connectivity index (χ1) is 5.63. The number of carboxylic acids is 1. The molecule has 0 bridgehead atoms. The van der Waals surface area contributed by atoms with Crippen LogP contribution >= 0.6 is 0 Å². The fraction of sp³-hybridized carbons (Fsp3) is 0.125. The maximum absolute atomic E-state index is 10.5. The van der Waals surface area contributed by atoms with Crippen LogP contribution in [0, 0.1) is 11.8 Å². The Morgan fingerprint density at radius 1 is 1.42 bits per heavy atom. The predicted octanol–water partition coefficient (Wildman–Crippen LogP) is 0.172. The van der Waals surface area contributed by atoms with Crippen LogP contribution in [0.1, 0.15) is 15.9 Å². The summed E-state index contributed by atoms with van der Waals surface area (Å²) in [6, 6.07) is 4.38. The van der Waals surface area contributed by atoms with Crippen LogP contribution in [0.5, 0.6) is 0 Å². The van der Waals surface area contributed by atoms with E-state index in [0.717, 1.165) is 5.56 Å². The minimum absolute atomic E-state index is 0.119. The SMILES string of the molecule is Cc1cc([NH+]=O)cc(C(=O)O)c1. The van der Waals surface area contributed by atoms with Crippen molar-refractivity contribution in [2.24, 2.45) is 0 Å². The van der Waals surface area contributed by atoms with Gasteiger partial charge in [-0.05, 0) is 18.6 Å². The van der Waals surface area contributed by atoms with Crippen LogP contribution in [-0.2, 0) is 0 Å². The van der Waals surface area contributed by atoms with Crippen LogP contribution in [0.4, 0.5) is 5.69 Å². The molecule has 1 aromatic carbocycles. The summed E-state index contributed by atoms with van der Waals surface area (Å²) in [5.41, 5.74) is 1.13. The molecule has 0 aliphatic carbocycles. The molecular formula is C8H8NO3+. The molecule has 1 aromatic rings.